The molecule has 8 nitrogen and oxygen atoms in total. The molecule has 0 radical (unpaired) electrons. The maximum atomic E-state index is 9.67. The zero-order chi connectivity index (χ0) is 127. The van der Waals surface area contributed by atoms with Gasteiger partial charge in [0, 0.05) is 171 Å². The van der Waals surface area contributed by atoms with Crippen LogP contribution in [0.3, 0.4) is 0 Å². The van der Waals surface area contributed by atoms with Gasteiger partial charge in [-0.2, -0.15) is 0 Å². The molecule has 8 heterocycles. The smallest absolute Gasteiger partial charge is 0.0826 e. The molecule has 0 bridgehead atoms. The van der Waals surface area contributed by atoms with E-state index in [1.807, 2.05) is 122 Å². The molecule has 24 aromatic rings. The number of hydrogen-bond acceptors (Lipinski definition) is 0. The van der Waals surface area contributed by atoms with Gasteiger partial charge < -0.3 is 36.5 Å². The summed E-state index contributed by atoms with van der Waals surface area (Å²) in [7, 11) is 0. The second kappa shape index (κ2) is 35.2. The van der Waals surface area contributed by atoms with Crippen molar-refractivity contribution in [3.05, 3.63) is 529 Å². The lowest BCUT2D eigenvalue weighted by Crippen LogP contribution is -2.30. The Morgan fingerprint density at radius 2 is 0.563 bits per heavy atom. The fraction of sp³-hybridized carbons (Fsp3) is 0.118. The summed E-state index contributed by atoms with van der Waals surface area (Å²) >= 11 is 0. The topological polar surface area (TPSA) is 39.4 Å². The van der Waals surface area contributed by atoms with Crippen LogP contribution in [0.25, 0.3) is 132 Å². The summed E-state index contributed by atoms with van der Waals surface area (Å²) in [5.41, 5.74) is 7.28. The first kappa shape index (κ1) is 49.4. The molecule has 135 heavy (non-hydrogen) atoms. The van der Waals surface area contributed by atoms with Crippen LogP contribution in [0.1, 0.15) is 173 Å². The number of rotatable bonds is 16. The Kier molecular flexibility index (Phi) is 12.9. The second-order valence-electron chi connectivity index (χ2n) is 33.5. The standard InChI is InChI=1S/C41H28N2.C34H30N2.C31H26N2.C21H22N2/c1-3-15-29(16-4-1)42-27-37(33-21-9-13-25-39(33)42)41(35-23-11-7-19-31(35)32-20-8-12-24-36(32)41)38-28-43(30-17-5-2-6-18-30)40-26-14-10-22-34(38)40;1-4-14-26(15-5-1)35-24-30(28-18-8-10-20-32(28)35)34(22-12-3-13-23-34)31-25-36(27-16-6-2-7-17-27)33-21-11-9-19-29(31)33;1-31(2,27-21-32(23-13-5-3-6-14-23)29-19-11-9-17-25(27)29)28-22-33(24-15-7-4-8-16-24)30-20-12-10-18-26(28)30;1-3-22-14-16(18-9-5-7-11-20(18)22)13-17-15-23(4-2)21-12-8-6-10-19(17)21/h1-28H;1-2,4-11,14-21,24-25H,3,12-13,22-23H2;3-22H,1-2H3;5-12,14-15H,3-4,13H2,1-2H3/i1D,2D,3D,4D,5D,6D,15D,16D,17D,18D;24D,25D;3D,4D,5D,6D,7D,8D,9D,10D,11D,12D,13D,14D,15D,16D,17D,18D,19D,20D,21D,22D;5D,6D,7D,8D,9D,10D,11D,12D,13D2. The molecule has 1 fully saturated rings. The van der Waals surface area contributed by atoms with E-state index >= 15 is 0 Å². The van der Waals surface area contributed by atoms with E-state index < -0.39 is 227 Å². The Morgan fingerprint density at radius 3 is 0.948 bits per heavy atom. The number of aromatic nitrogens is 8. The third-order valence-electron chi connectivity index (χ3n) is 26.0. The molecule has 0 saturated heterocycles. The molecule has 16 aromatic carbocycles. The van der Waals surface area contributed by atoms with Crippen LogP contribution in [-0.2, 0) is 35.7 Å². The second-order valence-corrected chi connectivity index (χ2v) is 33.5. The molecule has 654 valence electrons. The summed E-state index contributed by atoms with van der Waals surface area (Å²) in [6.07, 6.45) is 9.29. The average Bonchev–Trinajstić information content (AvgIpc) is 1.49. The van der Waals surface area contributed by atoms with Gasteiger partial charge in [-0.3, -0.25) is 0 Å². The third-order valence-corrected chi connectivity index (χ3v) is 26.0. The molecule has 26 rings (SSSR count). The fourth-order valence-electron chi connectivity index (χ4n) is 20.0. The summed E-state index contributed by atoms with van der Waals surface area (Å²) in [6, 6.07) is 48.1. The summed E-state index contributed by atoms with van der Waals surface area (Å²) in [4.78, 5) is 0. The lowest BCUT2D eigenvalue weighted by molar-refractivity contribution is 0.350. The molecule has 1 saturated carbocycles. The molecule has 8 aromatic heterocycles. The van der Waals surface area contributed by atoms with Crippen LogP contribution in [0.15, 0.2) is 473 Å². The number of para-hydroxylation sites is 14. The van der Waals surface area contributed by atoms with E-state index in [2.05, 4.69) is 106 Å². The molecule has 2 aliphatic rings. The minimum absolute atomic E-state index is 0.0221. The van der Waals surface area contributed by atoms with E-state index in [1.54, 1.807) is 32.1 Å². The summed E-state index contributed by atoms with van der Waals surface area (Å²) < 4.78 is 374. The highest BCUT2D eigenvalue weighted by atomic mass is 15.0. The number of fused-ring (bicyclic) bond motifs is 11. The Bertz CT molecular complexity index is 10400. The van der Waals surface area contributed by atoms with Crippen molar-refractivity contribution in [3.8, 4) is 45.3 Å². The van der Waals surface area contributed by atoms with E-state index in [4.69, 9.17) is 52.1 Å². The van der Waals surface area contributed by atoms with Gasteiger partial charge in [0.25, 0.3) is 0 Å². The van der Waals surface area contributed by atoms with Crippen molar-refractivity contribution in [3.63, 3.8) is 0 Å². The highest BCUT2D eigenvalue weighted by molar-refractivity contribution is 6.01. The van der Waals surface area contributed by atoms with E-state index in [0.29, 0.717) is 36.5 Å². The number of benzene rings is 16. The molecule has 8 heteroatoms. The number of nitrogens with zero attached hydrogens (tertiary/aromatic N) is 8. The lowest BCUT2D eigenvalue weighted by Gasteiger charge is -2.37. The molecule has 0 atom stereocenters. The largest absolute Gasteiger partial charge is 0.347 e. The normalized spacial score (nSPS) is 17.7. The molecule has 0 unspecified atom stereocenters. The van der Waals surface area contributed by atoms with Crippen LogP contribution in [0, 0.1) is 0 Å². The first-order valence-electron chi connectivity index (χ1n) is 65.5. The van der Waals surface area contributed by atoms with Crippen molar-refractivity contribution in [2.75, 3.05) is 0 Å². The molecular weight excluding hydrogens is 1640 g/mol. The first-order valence-corrected chi connectivity index (χ1v) is 44.5. The Morgan fingerprint density at radius 1 is 0.259 bits per heavy atom. The van der Waals surface area contributed by atoms with Crippen LogP contribution < -0.4 is 0 Å². The van der Waals surface area contributed by atoms with Gasteiger partial charge in [-0.25, -0.2) is 0 Å². The van der Waals surface area contributed by atoms with Crippen LogP contribution >= 0.6 is 0 Å². The van der Waals surface area contributed by atoms with Gasteiger partial charge in [0.2, 0.25) is 0 Å². The SMILES string of the molecule is [2H]c1c(C2(c3c([2H])n(-c4ccccc4)c4ccccc34)CCCCC2)c2ccccc2n1-c1ccccc1.[2H]c1c([2H])c([2H])c(-n2c([2H])c(C(C)(C)c3c([2H])n(-c4c([2H])c([2H])c([2H])c([2H])c4[2H])c4c([2H])c([2H])c([2H])c([2H])c34)c3c([2H])c([2H])c([2H])c([2H])c32)c([2H])c1[2H].[2H]c1c([2H])c([2H])c(-n2cc(C3(c4cn(-c5c([2H])c([2H])c([2H])c([2H])c5[2H])c5ccccc45)c4ccccc4-c4ccccc43)c3ccccc32)c([2H])c1[2H].[2H]c1c([2H])c([2H])c2c(c(C([2H])([2H])c3cn(CC)c4c([2H])c([2H])c([2H])c([2H])c34)cn2CC)c1[2H]. The van der Waals surface area contributed by atoms with Gasteiger partial charge in [0.15, 0.2) is 0 Å². The van der Waals surface area contributed by atoms with Crippen molar-refractivity contribution < 1.29 is 57.6 Å². The molecule has 0 aliphatic heterocycles. The molecule has 0 spiro atoms. The van der Waals surface area contributed by atoms with Gasteiger partial charge in [0.1, 0.15) is 0 Å². The Hall–Kier alpha value is -16.2. The summed E-state index contributed by atoms with van der Waals surface area (Å²) in [6.45, 7) is 7.05. The zero-order valence-corrected chi connectivity index (χ0v) is 73.5. The third kappa shape index (κ3) is 14.4. The van der Waals surface area contributed by atoms with Crippen LogP contribution in [-0.4, -0.2) is 36.5 Å². The average molecular weight is 1790 g/mol. The molecular formula is C127H106N8. The van der Waals surface area contributed by atoms with Crippen LogP contribution in [0.2, 0.25) is 0 Å². The maximum absolute atomic E-state index is 9.67. The number of hydrogen-bond donors (Lipinski definition) is 0. The maximum Gasteiger partial charge on any atom is 0.0826 e. The minimum Gasteiger partial charge on any atom is -0.347 e. The van der Waals surface area contributed by atoms with Gasteiger partial charge in [-0.15, -0.1) is 0 Å². The van der Waals surface area contributed by atoms with Crippen molar-refractivity contribution in [1.82, 2.24) is 36.5 Å². The van der Waals surface area contributed by atoms with Crippen molar-refractivity contribution >= 4 is 87.2 Å². The molecule has 0 N–H and O–H groups in total. The predicted octanol–water partition coefficient (Wildman–Crippen LogP) is 31.9. The minimum atomic E-state index is -2.31. The lowest BCUT2D eigenvalue weighted by atomic mass is 9.65. The van der Waals surface area contributed by atoms with Crippen molar-refractivity contribution in [1.29, 1.82) is 0 Å². The van der Waals surface area contributed by atoms with Crippen molar-refractivity contribution in [2.24, 2.45) is 0 Å². The van der Waals surface area contributed by atoms with Gasteiger partial charge in [-0.1, -0.05) is 336 Å². The van der Waals surface area contributed by atoms with Gasteiger partial charge in [-0.05, 0) is 214 Å². The van der Waals surface area contributed by atoms with Gasteiger partial charge >= 0.3 is 0 Å². The first-order chi connectivity index (χ1) is 84.0. The van der Waals surface area contributed by atoms with E-state index in [-0.39, 0.29) is 115 Å². The molecule has 0 amide bonds. The Labute approximate surface area is 848 Å². The van der Waals surface area contributed by atoms with Gasteiger partial charge in [0.05, 0.1) is 93.3 Å². The van der Waals surface area contributed by atoms with Crippen molar-refractivity contribution in [2.45, 2.75) is 95.5 Å². The highest BCUT2D eigenvalue weighted by Crippen LogP contribution is 2.60. The van der Waals surface area contributed by atoms with Crippen LogP contribution in [0.5, 0.6) is 0 Å². The Balaban J connectivity index is 0.000000127. The monoisotopic (exact) mass is 1790 g/mol. The number of aryl methyl sites for hydroxylation is 2. The van der Waals surface area contributed by atoms with E-state index in [9.17, 15) is 5.48 Å². The highest BCUT2D eigenvalue weighted by Gasteiger charge is 2.50. The fourth-order valence-corrected chi connectivity index (χ4v) is 20.0. The summed E-state index contributed by atoms with van der Waals surface area (Å²) in [5.74, 6) is 0. The van der Waals surface area contributed by atoms with E-state index in [1.165, 1.54) is 32.7 Å². The van der Waals surface area contributed by atoms with Crippen LogP contribution in [0.4, 0.5) is 0 Å². The summed E-state index contributed by atoms with van der Waals surface area (Å²) in [5, 5.41) is 3.22. The van der Waals surface area contributed by atoms with E-state index in [0.717, 1.165) is 123 Å². The molecule has 2 aliphatic carbocycles. The predicted molar refractivity (Wildman–Crippen MR) is 565 cm³/mol. The zero-order valence-electron chi connectivity index (χ0n) is 115. The quantitative estimate of drug-likeness (QED) is 0.0925.